The van der Waals surface area contributed by atoms with Crippen molar-refractivity contribution >= 4 is 34.0 Å². The molecule has 1 aromatic heterocycles. The Hall–Kier alpha value is -4.46. The summed E-state index contributed by atoms with van der Waals surface area (Å²) in [6.45, 7) is 5.58. The van der Waals surface area contributed by atoms with Gasteiger partial charge in [-0.25, -0.2) is 10.2 Å². The number of aromatic nitrogens is 2. The number of rotatable bonds is 6. The summed E-state index contributed by atoms with van der Waals surface area (Å²) in [6, 6.07) is 24.0. The molecule has 3 N–H and O–H groups in total. The van der Waals surface area contributed by atoms with Crippen LogP contribution in [0, 0.1) is 0 Å². The molecule has 0 fully saturated rings. The van der Waals surface area contributed by atoms with E-state index in [1.807, 2.05) is 93.6 Å². The minimum absolute atomic E-state index is 0.0294. The summed E-state index contributed by atoms with van der Waals surface area (Å²) in [5.74, 6) is 0.573. The zero-order valence-corrected chi connectivity index (χ0v) is 19.2. The maximum absolute atomic E-state index is 13.0. The smallest absolute Gasteiger partial charge is 0.335 e. The number of urea groups is 1. The van der Waals surface area contributed by atoms with Gasteiger partial charge >= 0.3 is 6.03 Å². The van der Waals surface area contributed by atoms with Crippen molar-refractivity contribution in [2.45, 2.75) is 26.8 Å². The average molecular weight is 455 g/mol. The maximum Gasteiger partial charge on any atom is 0.335 e. The lowest BCUT2D eigenvalue weighted by Gasteiger charge is -2.13. The molecule has 0 saturated heterocycles. The van der Waals surface area contributed by atoms with Gasteiger partial charge in [0.1, 0.15) is 0 Å². The largest absolute Gasteiger partial charge is 0.338 e. The number of hydrogen-bond acceptors (Lipinski definition) is 5. The number of para-hydroxylation sites is 1. The van der Waals surface area contributed by atoms with Crippen LogP contribution >= 0.6 is 0 Å². The summed E-state index contributed by atoms with van der Waals surface area (Å²) in [7, 11) is 0. The monoisotopic (exact) mass is 454 g/mol. The van der Waals surface area contributed by atoms with E-state index in [4.69, 9.17) is 0 Å². The van der Waals surface area contributed by atoms with Gasteiger partial charge in [0.2, 0.25) is 0 Å². The van der Waals surface area contributed by atoms with Crippen molar-refractivity contribution in [1.82, 2.24) is 20.5 Å². The molecular formula is C26H26N6O2. The van der Waals surface area contributed by atoms with Crippen molar-refractivity contribution in [1.29, 1.82) is 0 Å². The predicted octanol–water partition coefficient (Wildman–Crippen LogP) is 4.56. The maximum atomic E-state index is 13.0. The predicted molar refractivity (Wildman–Crippen MR) is 136 cm³/mol. The highest BCUT2D eigenvalue weighted by molar-refractivity contribution is 5.99. The molecule has 8 nitrogen and oxygen atoms in total. The van der Waals surface area contributed by atoms with Gasteiger partial charge in [0.25, 0.3) is 5.56 Å². The Morgan fingerprint density at radius 1 is 0.912 bits per heavy atom. The third-order valence-corrected chi connectivity index (χ3v) is 5.12. The highest BCUT2D eigenvalue weighted by atomic mass is 16.2. The Balaban J connectivity index is 1.61. The van der Waals surface area contributed by atoms with Crippen LogP contribution in [0.4, 0.5) is 16.3 Å². The lowest BCUT2D eigenvalue weighted by molar-refractivity contribution is 0.239. The molecule has 0 radical (unpaired) electrons. The topological polar surface area (TPSA) is 100 Å². The molecule has 34 heavy (non-hydrogen) atoms. The molecule has 8 heteroatoms. The first-order chi connectivity index (χ1) is 16.4. The van der Waals surface area contributed by atoms with Gasteiger partial charge in [0.15, 0.2) is 5.82 Å². The molecule has 0 unspecified atom stereocenters. The van der Waals surface area contributed by atoms with E-state index in [-0.39, 0.29) is 17.6 Å². The number of fused-ring (bicyclic) bond motifs is 1. The molecule has 4 aromatic rings. The summed E-state index contributed by atoms with van der Waals surface area (Å²) >= 11 is 0. The van der Waals surface area contributed by atoms with Gasteiger partial charge in [-0.1, -0.05) is 48.5 Å². The molecule has 0 aliphatic rings. The number of amides is 2. The van der Waals surface area contributed by atoms with Gasteiger partial charge in [-0.15, -0.1) is 5.10 Å². The van der Waals surface area contributed by atoms with Crippen molar-refractivity contribution in [3.05, 3.63) is 94.8 Å². The average Bonchev–Trinajstić information content (AvgIpc) is 2.85. The molecule has 0 atom stereocenters. The fraction of sp³-hybridized carbons (Fsp3) is 0.154. The Morgan fingerprint density at radius 2 is 1.56 bits per heavy atom. The van der Waals surface area contributed by atoms with Crippen LogP contribution in [-0.2, 0) is 0 Å². The fourth-order valence-electron chi connectivity index (χ4n) is 3.45. The number of nitrogens with one attached hydrogen (secondary N) is 3. The van der Waals surface area contributed by atoms with E-state index in [9.17, 15) is 9.59 Å². The van der Waals surface area contributed by atoms with Gasteiger partial charge < -0.3 is 10.6 Å². The summed E-state index contributed by atoms with van der Waals surface area (Å²) in [4.78, 5) is 24.8. The number of anilines is 2. The lowest BCUT2D eigenvalue weighted by atomic mass is 10.1. The van der Waals surface area contributed by atoms with E-state index in [1.54, 1.807) is 6.07 Å². The van der Waals surface area contributed by atoms with E-state index in [0.717, 1.165) is 16.6 Å². The van der Waals surface area contributed by atoms with Crippen LogP contribution in [-0.4, -0.2) is 27.6 Å². The van der Waals surface area contributed by atoms with Crippen molar-refractivity contribution in [3.63, 3.8) is 0 Å². The zero-order chi connectivity index (χ0) is 24.1. The molecule has 0 bridgehead atoms. The van der Waals surface area contributed by atoms with E-state index < -0.39 is 0 Å². The van der Waals surface area contributed by atoms with E-state index in [0.29, 0.717) is 22.6 Å². The number of nitrogens with zero attached hydrogens (tertiary/aromatic N) is 3. The van der Waals surface area contributed by atoms with Crippen LogP contribution in [0.25, 0.3) is 16.5 Å². The summed E-state index contributed by atoms with van der Waals surface area (Å²) in [5, 5.41) is 16.1. The van der Waals surface area contributed by atoms with Crippen molar-refractivity contribution in [3.8, 4) is 5.69 Å². The number of hydrazone groups is 1. The van der Waals surface area contributed by atoms with Crippen LogP contribution in [0.3, 0.4) is 0 Å². The van der Waals surface area contributed by atoms with Gasteiger partial charge in [-0.05, 0) is 56.7 Å². The van der Waals surface area contributed by atoms with Gasteiger partial charge in [0, 0.05) is 17.1 Å². The zero-order valence-electron chi connectivity index (χ0n) is 19.2. The molecule has 3 aromatic carbocycles. The van der Waals surface area contributed by atoms with E-state index >= 15 is 0 Å². The van der Waals surface area contributed by atoms with Crippen LogP contribution < -0.4 is 21.6 Å². The molecule has 172 valence electrons. The van der Waals surface area contributed by atoms with Crippen LogP contribution in [0.5, 0.6) is 0 Å². The highest BCUT2D eigenvalue weighted by Gasteiger charge is 2.12. The summed E-state index contributed by atoms with van der Waals surface area (Å²) in [5.41, 5.74) is 5.35. The van der Waals surface area contributed by atoms with E-state index in [1.165, 1.54) is 4.68 Å². The number of carbonyl (C=O) groups excluding carboxylic acids is 1. The molecule has 0 aliphatic heterocycles. The second-order valence-electron chi connectivity index (χ2n) is 8.09. The first kappa shape index (κ1) is 22.7. The molecule has 0 saturated carbocycles. The highest BCUT2D eigenvalue weighted by Crippen LogP contribution is 2.23. The second-order valence-corrected chi connectivity index (χ2v) is 8.09. The Morgan fingerprint density at radius 3 is 2.24 bits per heavy atom. The minimum atomic E-state index is -0.348. The molecule has 1 heterocycles. The minimum Gasteiger partial charge on any atom is -0.338 e. The Bertz CT molecular complexity index is 1390. The lowest BCUT2D eigenvalue weighted by Crippen LogP contribution is -2.37. The molecule has 4 rings (SSSR count). The third-order valence-electron chi connectivity index (χ3n) is 5.12. The normalized spacial score (nSPS) is 11.5. The first-order valence-corrected chi connectivity index (χ1v) is 11.0. The van der Waals surface area contributed by atoms with Gasteiger partial charge in [-0.3, -0.25) is 4.79 Å². The quantitative estimate of drug-likeness (QED) is 0.294. The van der Waals surface area contributed by atoms with Crippen molar-refractivity contribution in [2.75, 3.05) is 5.32 Å². The second kappa shape index (κ2) is 9.99. The number of carbonyl (C=O) groups is 1. The van der Waals surface area contributed by atoms with E-state index in [2.05, 4.69) is 26.3 Å². The van der Waals surface area contributed by atoms with Gasteiger partial charge in [-0.2, -0.15) is 9.78 Å². The molecule has 0 aliphatic carbocycles. The van der Waals surface area contributed by atoms with Gasteiger partial charge in [0.05, 0.1) is 16.8 Å². The number of benzene rings is 3. The molecular weight excluding hydrogens is 428 g/mol. The Labute approximate surface area is 197 Å². The standard InChI is InChI=1S/C26H26N6O2/c1-17(2)27-26(34)30-29-18(3)19-13-15-20(16-14-19)28-24-22-11-7-8-12-23(22)25(33)32(31-24)21-9-5-4-6-10-21/h4-17H,1-3H3,(H,28,31)(H2,27,30,34)/b29-18+. The SMILES string of the molecule is C/C(=N\NC(=O)NC(C)C)c1ccc(Nc2nn(-c3ccccc3)c(=O)c3ccccc23)cc1. The summed E-state index contributed by atoms with van der Waals surface area (Å²) in [6.07, 6.45) is 0. The van der Waals surface area contributed by atoms with Crippen LogP contribution in [0.2, 0.25) is 0 Å². The molecule has 2 amide bonds. The summed E-state index contributed by atoms with van der Waals surface area (Å²) < 4.78 is 1.41. The Kier molecular flexibility index (Phi) is 6.68. The van der Waals surface area contributed by atoms with Crippen molar-refractivity contribution < 1.29 is 4.79 Å². The number of hydrogen-bond donors (Lipinski definition) is 3. The van der Waals surface area contributed by atoms with Crippen molar-refractivity contribution in [2.24, 2.45) is 5.10 Å². The molecule has 0 spiro atoms. The fourth-order valence-corrected chi connectivity index (χ4v) is 3.45. The van der Waals surface area contributed by atoms with Crippen LogP contribution in [0.1, 0.15) is 26.3 Å². The first-order valence-electron chi connectivity index (χ1n) is 11.0. The third kappa shape index (κ3) is 5.12. The van der Waals surface area contributed by atoms with Crippen LogP contribution in [0.15, 0.2) is 88.8 Å².